The van der Waals surface area contributed by atoms with E-state index in [1.807, 2.05) is 45.7 Å². The first kappa shape index (κ1) is 21.0. The number of hydrogen-bond acceptors (Lipinski definition) is 5. The second-order valence-corrected chi connectivity index (χ2v) is 9.59. The van der Waals surface area contributed by atoms with Gasteiger partial charge in [-0.3, -0.25) is 9.69 Å². The fourth-order valence-electron chi connectivity index (χ4n) is 4.47. The summed E-state index contributed by atoms with van der Waals surface area (Å²) in [6.45, 7) is 4.67. The predicted octanol–water partition coefficient (Wildman–Crippen LogP) is 4.84. The van der Waals surface area contributed by atoms with Crippen molar-refractivity contribution in [2.45, 2.75) is 45.1 Å². The highest BCUT2D eigenvalue weighted by Gasteiger charge is 2.29. The van der Waals surface area contributed by atoms with Crippen LogP contribution >= 0.6 is 11.6 Å². The van der Waals surface area contributed by atoms with Crippen LogP contribution in [-0.4, -0.2) is 41.8 Å². The van der Waals surface area contributed by atoms with Crippen LogP contribution < -0.4 is 4.90 Å². The zero-order chi connectivity index (χ0) is 23.4. The summed E-state index contributed by atoms with van der Waals surface area (Å²) < 4.78 is 3.88. The summed E-state index contributed by atoms with van der Waals surface area (Å²) in [7, 11) is 0. The van der Waals surface area contributed by atoms with Crippen LogP contribution in [0.4, 0.5) is 5.82 Å². The number of rotatable bonds is 5. The number of hydrogen-bond donors (Lipinski definition) is 0. The molecule has 8 nitrogen and oxygen atoms in total. The number of carbonyl (C=O) groups excluding carboxylic acids is 1. The normalized spacial score (nSPS) is 15.8. The van der Waals surface area contributed by atoms with E-state index in [1.165, 1.54) is 12.8 Å². The molecule has 0 saturated heterocycles. The molecule has 3 aromatic heterocycles. The van der Waals surface area contributed by atoms with Crippen LogP contribution in [0.25, 0.3) is 17.2 Å². The third-order valence-corrected chi connectivity index (χ3v) is 6.80. The molecule has 0 unspecified atom stereocenters. The van der Waals surface area contributed by atoms with E-state index < -0.39 is 0 Å². The summed E-state index contributed by atoms with van der Waals surface area (Å²) in [6, 6.07) is 9.64. The summed E-state index contributed by atoms with van der Waals surface area (Å²) in [5.74, 6) is 1.75. The van der Waals surface area contributed by atoms with Crippen molar-refractivity contribution in [3.63, 3.8) is 0 Å². The predicted molar refractivity (Wildman–Crippen MR) is 130 cm³/mol. The van der Waals surface area contributed by atoms with Gasteiger partial charge in [-0.2, -0.15) is 0 Å². The van der Waals surface area contributed by atoms with E-state index in [9.17, 15) is 4.79 Å². The Hall–Kier alpha value is -3.52. The van der Waals surface area contributed by atoms with Gasteiger partial charge in [0.25, 0.3) is 5.91 Å². The number of anilines is 1. The topological polar surface area (TPSA) is 81.7 Å². The highest BCUT2D eigenvalue weighted by atomic mass is 35.5. The lowest BCUT2D eigenvalue weighted by molar-refractivity contribution is 0.0980. The molecular weight excluding hydrogens is 450 g/mol. The zero-order valence-electron chi connectivity index (χ0n) is 19.0. The molecule has 1 aliphatic heterocycles. The number of halogens is 1. The molecule has 4 heterocycles. The molecule has 0 N–H and O–H groups in total. The van der Waals surface area contributed by atoms with E-state index in [2.05, 4.69) is 29.0 Å². The number of fused-ring (bicyclic) bond motifs is 1. The lowest BCUT2D eigenvalue weighted by atomic mass is 9.98. The van der Waals surface area contributed by atoms with Crippen LogP contribution in [0.15, 0.2) is 49.2 Å². The molecule has 0 bridgehead atoms. The van der Waals surface area contributed by atoms with E-state index in [0.717, 1.165) is 16.9 Å². The Labute approximate surface area is 202 Å². The van der Waals surface area contributed by atoms with Crippen molar-refractivity contribution in [2.75, 3.05) is 11.4 Å². The first-order chi connectivity index (χ1) is 16.5. The standard InChI is InChI=1S/C25H24ClN7O/c1-15(2)33-14-28-30-24(33)20-4-3-5-23(29-20)32-9-8-17-10-19(26)22(11-18(17)25(32)34)31-12-21(27-13-31)16-6-7-16/h3-5,10-16H,6-9H2,1-2H3. The molecule has 1 fully saturated rings. The van der Waals surface area contributed by atoms with Gasteiger partial charge in [-0.15, -0.1) is 10.2 Å². The minimum atomic E-state index is -0.0864. The SMILES string of the molecule is CC(C)n1cnnc1-c1cccc(N2CCc3cc(Cl)c(-n4cnc(C5CC5)c4)cc3C2=O)n1. The Morgan fingerprint density at radius 2 is 2.00 bits per heavy atom. The van der Waals surface area contributed by atoms with Gasteiger partial charge in [0.15, 0.2) is 5.82 Å². The molecule has 1 aliphatic carbocycles. The summed E-state index contributed by atoms with van der Waals surface area (Å²) in [6.07, 6.45) is 8.57. The van der Waals surface area contributed by atoms with Gasteiger partial charge < -0.3 is 9.13 Å². The van der Waals surface area contributed by atoms with Gasteiger partial charge in [-0.05, 0) is 62.9 Å². The number of nitrogens with zero attached hydrogens (tertiary/aromatic N) is 7. The first-order valence-corrected chi connectivity index (χ1v) is 11.9. The van der Waals surface area contributed by atoms with Gasteiger partial charge in [0.05, 0.1) is 22.7 Å². The van der Waals surface area contributed by atoms with Crippen molar-refractivity contribution in [3.8, 4) is 17.2 Å². The molecule has 1 aromatic carbocycles. The van der Waals surface area contributed by atoms with Crippen LogP contribution in [0, 0.1) is 0 Å². The molecule has 0 radical (unpaired) electrons. The molecule has 2 aliphatic rings. The Kier molecular flexibility index (Phi) is 4.99. The Balaban J connectivity index is 1.34. The highest BCUT2D eigenvalue weighted by molar-refractivity contribution is 6.32. The number of aromatic nitrogens is 6. The molecule has 9 heteroatoms. The van der Waals surface area contributed by atoms with E-state index in [4.69, 9.17) is 16.6 Å². The van der Waals surface area contributed by atoms with Crippen molar-refractivity contribution >= 4 is 23.3 Å². The molecular formula is C25H24ClN7O. The van der Waals surface area contributed by atoms with Crippen LogP contribution in [-0.2, 0) is 6.42 Å². The van der Waals surface area contributed by atoms with E-state index in [1.54, 1.807) is 17.6 Å². The molecule has 1 amide bonds. The smallest absolute Gasteiger partial charge is 0.259 e. The van der Waals surface area contributed by atoms with Gasteiger partial charge in [-0.1, -0.05) is 17.7 Å². The summed E-state index contributed by atoms with van der Waals surface area (Å²) in [4.78, 5) is 24.6. The maximum atomic E-state index is 13.6. The monoisotopic (exact) mass is 473 g/mol. The first-order valence-electron chi connectivity index (χ1n) is 11.5. The summed E-state index contributed by atoms with van der Waals surface area (Å²) in [5, 5.41) is 8.91. The lowest BCUT2D eigenvalue weighted by Gasteiger charge is -2.28. The Bertz CT molecular complexity index is 1400. The molecule has 1 saturated carbocycles. The number of carbonyl (C=O) groups is 1. The van der Waals surface area contributed by atoms with Crippen LogP contribution in [0.5, 0.6) is 0 Å². The van der Waals surface area contributed by atoms with Gasteiger partial charge in [0.2, 0.25) is 0 Å². The average Bonchev–Trinajstić information content (AvgIpc) is 3.35. The Morgan fingerprint density at radius 1 is 1.15 bits per heavy atom. The third-order valence-electron chi connectivity index (χ3n) is 6.50. The molecule has 172 valence electrons. The minimum absolute atomic E-state index is 0.0864. The second-order valence-electron chi connectivity index (χ2n) is 9.18. The van der Waals surface area contributed by atoms with Gasteiger partial charge in [0, 0.05) is 30.3 Å². The third kappa shape index (κ3) is 3.58. The fraction of sp³-hybridized carbons (Fsp3) is 0.320. The largest absolute Gasteiger partial charge is 0.310 e. The maximum absolute atomic E-state index is 13.6. The molecule has 34 heavy (non-hydrogen) atoms. The lowest BCUT2D eigenvalue weighted by Crippen LogP contribution is -2.38. The van der Waals surface area contributed by atoms with Crippen LogP contribution in [0.2, 0.25) is 5.02 Å². The quantitative estimate of drug-likeness (QED) is 0.414. The molecule has 6 rings (SSSR count). The summed E-state index contributed by atoms with van der Waals surface area (Å²) in [5.41, 5.74) is 4.13. The van der Waals surface area contributed by atoms with Crippen LogP contribution in [0.3, 0.4) is 0 Å². The van der Waals surface area contributed by atoms with Crippen LogP contribution in [0.1, 0.15) is 60.3 Å². The maximum Gasteiger partial charge on any atom is 0.259 e. The van der Waals surface area contributed by atoms with Crippen molar-refractivity contribution in [1.82, 2.24) is 29.3 Å². The van der Waals surface area contributed by atoms with Gasteiger partial charge in [0.1, 0.15) is 17.8 Å². The molecule has 0 spiro atoms. The van der Waals surface area contributed by atoms with Crippen molar-refractivity contribution in [2.24, 2.45) is 0 Å². The van der Waals surface area contributed by atoms with E-state index in [0.29, 0.717) is 46.8 Å². The minimum Gasteiger partial charge on any atom is -0.310 e. The second kappa shape index (κ2) is 8.06. The van der Waals surface area contributed by atoms with E-state index in [-0.39, 0.29) is 11.9 Å². The van der Waals surface area contributed by atoms with Gasteiger partial charge >= 0.3 is 0 Å². The van der Waals surface area contributed by atoms with Crippen molar-refractivity contribution < 1.29 is 4.79 Å². The number of benzene rings is 1. The number of amides is 1. The highest BCUT2D eigenvalue weighted by Crippen LogP contribution is 2.39. The molecule has 0 atom stereocenters. The summed E-state index contributed by atoms with van der Waals surface area (Å²) >= 11 is 6.62. The zero-order valence-corrected chi connectivity index (χ0v) is 19.8. The molecule has 4 aromatic rings. The van der Waals surface area contributed by atoms with Crippen molar-refractivity contribution in [1.29, 1.82) is 0 Å². The van der Waals surface area contributed by atoms with Gasteiger partial charge in [-0.25, -0.2) is 9.97 Å². The van der Waals surface area contributed by atoms with Crippen molar-refractivity contribution in [3.05, 3.63) is 71.0 Å². The number of pyridine rings is 1. The Morgan fingerprint density at radius 3 is 2.79 bits per heavy atom. The fourth-order valence-corrected chi connectivity index (χ4v) is 4.75. The number of imidazole rings is 1. The van der Waals surface area contributed by atoms with E-state index >= 15 is 0 Å². The average molecular weight is 474 g/mol.